The van der Waals surface area contributed by atoms with Gasteiger partial charge >= 0.3 is 6.09 Å². The van der Waals surface area contributed by atoms with E-state index in [-0.39, 0.29) is 50.6 Å². The van der Waals surface area contributed by atoms with Crippen molar-refractivity contribution in [3.63, 3.8) is 0 Å². The summed E-state index contributed by atoms with van der Waals surface area (Å²) in [5.74, 6) is 0.102. The summed E-state index contributed by atoms with van der Waals surface area (Å²) in [5, 5.41) is 25.0. The fraction of sp³-hybridized carbons (Fsp3) is 0.455. The molecule has 11 nitrogen and oxygen atoms in total. The number of benzene rings is 4. The predicted molar refractivity (Wildman–Crippen MR) is 255 cm³/mol. The molecule has 1 amide bonds. The highest BCUT2D eigenvalue weighted by molar-refractivity contribution is 6.03. The Morgan fingerprint density at radius 1 is 0.894 bits per heavy atom. The van der Waals surface area contributed by atoms with Gasteiger partial charge in [0.25, 0.3) is 0 Å². The molecule has 11 heteroatoms. The molecule has 1 saturated carbocycles. The zero-order chi connectivity index (χ0) is 45.7. The summed E-state index contributed by atoms with van der Waals surface area (Å²) in [6.07, 6.45) is 11.4. The lowest BCUT2D eigenvalue weighted by atomic mass is 9.55. The summed E-state index contributed by atoms with van der Waals surface area (Å²) in [6.45, 7) is 7.59. The van der Waals surface area contributed by atoms with Crippen LogP contribution < -0.4 is 9.47 Å². The number of unbranched alkanes of at least 4 members (excludes halogenated alkanes) is 2. The highest BCUT2D eigenvalue weighted by atomic mass is 16.8. The number of ether oxygens (including phenoxy) is 5. The maximum atomic E-state index is 14.7. The van der Waals surface area contributed by atoms with Gasteiger partial charge in [-0.15, -0.1) is 6.58 Å². The van der Waals surface area contributed by atoms with Crippen LogP contribution in [0.1, 0.15) is 94.6 Å². The number of carbonyl (C=O) groups excluding carboxylic acids is 1. The summed E-state index contributed by atoms with van der Waals surface area (Å²) >= 11 is 0. The lowest BCUT2D eigenvalue weighted by molar-refractivity contribution is -0.255. The molecule has 350 valence electrons. The number of hydrogen-bond donors (Lipinski definition) is 2. The molecular weight excluding hydrogens is 833 g/mol. The van der Waals surface area contributed by atoms with E-state index in [1.807, 2.05) is 79.7 Å². The van der Waals surface area contributed by atoms with Crippen LogP contribution in [0.5, 0.6) is 17.2 Å². The van der Waals surface area contributed by atoms with Gasteiger partial charge < -0.3 is 38.7 Å². The average Bonchev–Trinajstić information content (AvgIpc) is 3.36. The van der Waals surface area contributed by atoms with E-state index in [1.165, 1.54) is 0 Å². The summed E-state index contributed by atoms with van der Waals surface area (Å²) in [7, 11) is 0. The standard InChI is InChI=1S/C55H66N2O9/c1-3-30-57(54(60)62-38-39-17-7-5-8-18-39)50-37-48(56-66-51-23-13-16-34-61-51)46-35-42(21-11-14-31-58)45(22-12-15-32-59)52-47-36-44(28-29-49(47)65-55(50,53(46)52)63-33-4-2)64-43-26-24-41(25-27-43)40-19-9-6-10-20-40/h4-10,17-20,24-29,35-36,42,45,50-53,58-59H,2-3,11-16,21-23,30-34,37-38H2,1H3/t42-,45+,50-,51?,52+,53+,55+/m0/s1. The largest absolute Gasteiger partial charge is 0.459 e. The molecule has 0 bridgehead atoms. The zero-order valence-corrected chi connectivity index (χ0v) is 38.3. The van der Waals surface area contributed by atoms with Gasteiger partial charge in [0, 0.05) is 44.1 Å². The minimum absolute atomic E-state index is 0.0611. The Morgan fingerprint density at radius 3 is 2.33 bits per heavy atom. The second kappa shape index (κ2) is 22.8. The van der Waals surface area contributed by atoms with Crippen molar-refractivity contribution in [2.45, 2.75) is 108 Å². The Bertz CT molecular complexity index is 2240. The minimum Gasteiger partial charge on any atom is -0.459 e. The van der Waals surface area contributed by atoms with Gasteiger partial charge in [0.2, 0.25) is 12.1 Å². The number of rotatable bonds is 21. The van der Waals surface area contributed by atoms with Gasteiger partial charge in [0.05, 0.1) is 24.8 Å². The van der Waals surface area contributed by atoms with E-state index in [4.69, 9.17) is 33.7 Å². The SMILES string of the molecule is C=CCO[C@@]12Oc3ccc(Oc4ccc(-c5ccccc5)cc4)cc3[C@H]3[C@H](CCCCO)[C@@H](CCCCO)C=C(C(=NOC4CCCCO4)C[C@@H]1N(CCC)C(=O)OCc1ccccc1)[C@H]32. The van der Waals surface area contributed by atoms with Gasteiger partial charge in [-0.2, -0.15) is 0 Å². The second-order valence-corrected chi connectivity index (χ2v) is 17.9. The monoisotopic (exact) mass is 898 g/mol. The van der Waals surface area contributed by atoms with E-state index in [0.717, 1.165) is 78.5 Å². The van der Waals surface area contributed by atoms with Crippen LogP contribution in [0.3, 0.4) is 0 Å². The first kappa shape index (κ1) is 47.0. The number of amides is 1. The lowest BCUT2D eigenvalue weighted by Gasteiger charge is -2.60. The Labute approximate surface area is 390 Å². The average molecular weight is 899 g/mol. The summed E-state index contributed by atoms with van der Waals surface area (Å²) < 4.78 is 33.4. The van der Waals surface area contributed by atoms with E-state index in [0.29, 0.717) is 49.7 Å². The van der Waals surface area contributed by atoms with Crippen molar-refractivity contribution in [2.24, 2.45) is 22.9 Å². The van der Waals surface area contributed by atoms with Crippen molar-refractivity contribution in [1.82, 2.24) is 4.90 Å². The topological polar surface area (TPSA) is 129 Å². The zero-order valence-electron chi connectivity index (χ0n) is 38.3. The fourth-order valence-corrected chi connectivity index (χ4v) is 10.5. The van der Waals surface area contributed by atoms with Crippen LogP contribution in [-0.4, -0.2) is 78.0 Å². The molecule has 66 heavy (non-hydrogen) atoms. The Balaban J connectivity index is 1.27. The normalized spacial score (nSPS) is 24.8. The summed E-state index contributed by atoms with van der Waals surface area (Å²) in [5.41, 5.74) is 5.78. The maximum absolute atomic E-state index is 14.7. The van der Waals surface area contributed by atoms with Crippen LogP contribution in [0.2, 0.25) is 0 Å². The van der Waals surface area contributed by atoms with Crippen molar-refractivity contribution < 1.29 is 43.5 Å². The number of nitrogens with zero attached hydrogens (tertiary/aromatic N) is 2. The third kappa shape index (κ3) is 10.7. The van der Waals surface area contributed by atoms with Crippen molar-refractivity contribution in [3.05, 3.63) is 139 Å². The number of hydrogen-bond acceptors (Lipinski definition) is 10. The number of aliphatic hydroxyl groups is 2. The molecule has 2 N–H and O–H groups in total. The first-order chi connectivity index (χ1) is 32.5. The van der Waals surface area contributed by atoms with Crippen LogP contribution >= 0.6 is 0 Å². The van der Waals surface area contributed by atoms with Crippen LogP contribution in [-0.2, 0) is 25.7 Å². The number of fused-ring (bicyclic) bond motifs is 2. The van der Waals surface area contributed by atoms with Gasteiger partial charge in [-0.3, -0.25) is 4.90 Å². The molecule has 2 aliphatic heterocycles. The fourth-order valence-electron chi connectivity index (χ4n) is 10.5. The van der Waals surface area contributed by atoms with Gasteiger partial charge in [-0.25, -0.2) is 4.79 Å². The van der Waals surface area contributed by atoms with Crippen LogP contribution in [0.15, 0.2) is 133 Å². The van der Waals surface area contributed by atoms with E-state index < -0.39 is 30.1 Å². The molecule has 2 heterocycles. The van der Waals surface area contributed by atoms with Crippen LogP contribution in [0.4, 0.5) is 4.79 Å². The molecule has 4 aromatic carbocycles. The molecule has 2 fully saturated rings. The molecule has 0 spiro atoms. The summed E-state index contributed by atoms with van der Waals surface area (Å²) in [4.78, 5) is 22.7. The quantitative estimate of drug-likeness (QED) is 0.0477. The highest BCUT2D eigenvalue weighted by Crippen LogP contribution is 2.62. The van der Waals surface area contributed by atoms with Crippen molar-refractivity contribution >= 4 is 11.8 Å². The lowest BCUT2D eigenvalue weighted by Crippen LogP contribution is -2.70. The molecule has 0 aromatic heterocycles. The van der Waals surface area contributed by atoms with Gasteiger partial charge in [-0.05, 0) is 109 Å². The Hall–Kier alpha value is -5.46. The van der Waals surface area contributed by atoms with E-state index in [1.54, 1.807) is 11.0 Å². The Kier molecular flexibility index (Phi) is 16.3. The van der Waals surface area contributed by atoms with Gasteiger partial charge in [0.1, 0.15) is 29.9 Å². The number of carbonyl (C=O) groups is 1. The van der Waals surface area contributed by atoms with Crippen LogP contribution in [0, 0.1) is 17.8 Å². The predicted octanol–water partition coefficient (Wildman–Crippen LogP) is 11.4. The highest BCUT2D eigenvalue weighted by Gasteiger charge is 2.65. The maximum Gasteiger partial charge on any atom is 0.410 e. The van der Waals surface area contributed by atoms with E-state index >= 15 is 0 Å². The van der Waals surface area contributed by atoms with E-state index in [9.17, 15) is 15.0 Å². The van der Waals surface area contributed by atoms with Gasteiger partial charge in [-0.1, -0.05) is 110 Å². The van der Waals surface area contributed by atoms with Crippen molar-refractivity contribution in [1.29, 1.82) is 0 Å². The third-order valence-corrected chi connectivity index (χ3v) is 13.5. The van der Waals surface area contributed by atoms with Gasteiger partial charge in [0.15, 0.2) is 0 Å². The third-order valence-electron chi connectivity index (χ3n) is 13.5. The molecule has 4 aliphatic rings. The summed E-state index contributed by atoms with van der Waals surface area (Å²) in [6, 6.07) is 33.4. The number of oxime groups is 1. The Morgan fingerprint density at radius 2 is 1.62 bits per heavy atom. The molecule has 0 radical (unpaired) electrons. The first-order valence-corrected chi connectivity index (χ1v) is 24.1. The molecular formula is C55H66N2O9. The molecule has 1 unspecified atom stereocenters. The van der Waals surface area contributed by atoms with E-state index in [2.05, 4.69) is 43.0 Å². The molecule has 7 atom stereocenters. The smallest absolute Gasteiger partial charge is 0.410 e. The van der Waals surface area contributed by atoms with Crippen molar-refractivity contribution in [2.75, 3.05) is 33.0 Å². The van der Waals surface area contributed by atoms with Crippen LogP contribution in [0.25, 0.3) is 11.1 Å². The minimum atomic E-state index is -1.40. The first-order valence-electron chi connectivity index (χ1n) is 24.1. The molecule has 2 aliphatic carbocycles. The van der Waals surface area contributed by atoms with Crippen molar-refractivity contribution in [3.8, 4) is 28.4 Å². The number of aliphatic hydroxyl groups excluding tert-OH is 2. The molecule has 4 aromatic rings. The molecule has 1 saturated heterocycles. The second-order valence-electron chi connectivity index (χ2n) is 17.9. The molecule has 8 rings (SSSR count). The number of allylic oxidation sites excluding steroid dienone is 1.